The van der Waals surface area contributed by atoms with E-state index >= 15 is 0 Å². The Morgan fingerprint density at radius 1 is 1.50 bits per heavy atom. The molecule has 0 aliphatic carbocycles. The second-order valence-electron chi connectivity index (χ2n) is 3.00. The highest BCUT2D eigenvalue weighted by Crippen LogP contribution is 2.17. The maximum Gasteiger partial charge on any atom is 0.209 e. The summed E-state index contributed by atoms with van der Waals surface area (Å²) in [7, 11) is 1.83. The molecule has 0 fully saturated rings. The lowest BCUT2D eigenvalue weighted by Gasteiger charge is -2.01. The zero-order valence-corrected chi connectivity index (χ0v) is 9.50. The average Bonchev–Trinajstić information content (AvgIpc) is 2.86. The van der Waals surface area contributed by atoms with Crippen LogP contribution < -0.4 is 0 Å². The predicted octanol–water partition coefficient (Wildman–Crippen LogP) is -0.914. The third-order valence-electron chi connectivity index (χ3n) is 1.95. The van der Waals surface area contributed by atoms with E-state index < -0.39 is 0 Å². The van der Waals surface area contributed by atoms with Crippen LogP contribution in [0.4, 0.5) is 0 Å². The van der Waals surface area contributed by atoms with Crippen molar-refractivity contribution < 1.29 is 5.11 Å². The molecule has 2 heterocycles. The van der Waals surface area contributed by atoms with Gasteiger partial charge in [0.1, 0.15) is 12.2 Å². The van der Waals surface area contributed by atoms with Gasteiger partial charge in [0.25, 0.3) is 0 Å². The molecule has 0 aliphatic rings. The molecule has 0 atom stereocenters. The highest BCUT2D eigenvalue weighted by molar-refractivity contribution is 7.98. The van der Waals surface area contributed by atoms with Gasteiger partial charge in [0, 0.05) is 7.05 Å². The number of hydrogen-bond acceptors (Lipinski definition) is 7. The highest BCUT2D eigenvalue weighted by atomic mass is 32.2. The minimum absolute atomic E-state index is 0.0164. The fourth-order valence-corrected chi connectivity index (χ4v) is 2.01. The molecular formula is C7H11N7OS. The number of rotatable bonds is 5. The average molecular weight is 241 g/mol. The molecule has 8 nitrogen and oxygen atoms in total. The standard InChI is InChI=1S/C7H11N7OS/c1-13-6(8-5-9-13)4-16-7-10-11-12-14(7)2-3-15/h5,15H,2-4H2,1H3. The Balaban J connectivity index is 1.99. The zero-order chi connectivity index (χ0) is 11.4. The van der Waals surface area contributed by atoms with Crippen molar-refractivity contribution in [2.75, 3.05) is 6.61 Å². The lowest BCUT2D eigenvalue weighted by molar-refractivity contribution is 0.262. The van der Waals surface area contributed by atoms with Crippen molar-refractivity contribution in [3.63, 3.8) is 0 Å². The second-order valence-corrected chi connectivity index (χ2v) is 3.94. The van der Waals surface area contributed by atoms with Crippen LogP contribution in [0.5, 0.6) is 0 Å². The van der Waals surface area contributed by atoms with Crippen LogP contribution in [0.3, 0.4) is 0 Å². The fourth-order valence-electron chi connectivity index (χ4n) is 1.11. The van der Waals surface area contributed by atoms with Crippen LogP contribution in [0.1, 0.15) is 5.82 Å². The molecular weight excluding hydrogens is 230 g/mol. The molecule has 0 amide bonds. The van der Waals surface area contributed by atoms with Crippen LogP contribution in [0.25, 0.3) is 0 Å². The Morgan fingerprint density at radius 3 is 3.06 bits per heavy atom. The first-order valence-corrected chi connectivity index (χ1v) is 5.62. The van der Waals surface area contributed by atoms with E-state index in [4.69, 9.17) is 5.11 Å². The molecule has 0 radical (unpaired) electrons. The van der Waals surface area contributed by atoms with Gasteiger partial charge in [0.2, 0.25) is 5.16 Å². The number of aromatic nitrogens is 7. The van der Waals surface area contributed by atoms with E-state index in [2.05, 4.69) is 25.6 Å². The number of aryl methyl sites for hydroxylation is 1. The smallest absolute Gasteiger partial charge is 0.209 e. The zero-order valence-electron chi connectivity index (χ0n) is 8.68. The van der Waals surface area contributed by atoms with E-state index in [0.717, 1.165) is 5.82 Å². The maximum absolute atomic E-state index is 8.81. The molecule has 1 N–H and O–H groups in total. The van der Waals surface area contributed by atoms with Crippen molar-refractivity contribution in [3.05, 3.63) is 12.2 Å². The van der Waals surface area contributed by atoms with Gasteiger partial charge in [-0.15, -0.1) is 5.10 Å². The lowest BCUT2D eigenvalue weighted by atomic mass is 10.7. The molecule has 0 aliphatic heterocycles. The first kappa shape index (κ1) is 11.0. The van der Waals surface area contributed by atoms with Crippen molar-refractivity contribution in [1.29, 1.82) is 0 Å². The molecule has 0 saturated heterocycles. The van der Waals surface area contributed by atoms with Gasteiger partial charge < -0.3 is 5.11 Å². The van der Waals surface area contributed by atoms with E-state index in [1.54, 1.807) is 9.36 Å². The molecule has 2 aromatic rings. The summed E-state index contributed by atoms with van der Waals surface area (Å²) in [4.78, 5) is 4.09. The van der Waals surface area contributed by atoms with Crippen molar-refractivity contribution >= 4 is 11.8 Å². The summed E-state index contributed by atoms with van der Waals surface area (Å²) >= 11 is 1.46. The van der Waals surface area contributed by atoms with Gasteiger partial charge in [0.05, 0.1) is 18.9 Å². The predicted molar refractivity (Wildman–Crippen MR) is 55.5 cm³/mol. The largest absolute Gasteiger partial charge is 0.394 e. The summed E-state index contributed by atoms with van der Waals surface area (Å²) < 4.78 is 3.26. The summed E-state index contributed by atoms with van der Waals surface area (Å²) in [6.45, 7) is 0.413. The fraction of sp³-hybridized carbons (Fsp3) is 0.571. The Hall–Kier alpha value is -1.48. The van der Waals surface area contributed by atoms with Crippen LogP contribution in [0, 0.1) is 0 Å². The van der Waals surface area contributed by atoms with Crippen LogP contribution >= 0.6 is 11.8 Å². The van der Waals surface area contributed by atoms with Gasteiger partial charge >= 0.3 is 0 Å². The maximum atomic E-state index is 8.81. The van der Waals surface area contributed by atoms with Gasteiger partial charge in [-0.2, -0.15) is 5.10 Å². The number of tetrazole rings is 1. The van der Waals surface area contributed by atoms with Crippen molar-refractivity contribution in [2.45, 2.75) is 17.5 Å². The van der Waals surface area contributed by atoms with E-state index in [1.807, 2.05) is 7.05 Å². The minimum atomic E-state index is 0.0164. The van der Waals surface area contributed by atoms with Gasteiger partial charge in [-0.1, -0.05) is 11.8 Å². The number of thioether (sulfide) groups is 1. The van der Waals surface area contributed by atoms with Gasteiger partial charge in [0.15, 0.2) is 0 Å². The third-order valence-corrected chi connectivity index (χ3v) is 2.90. The molecule has 9 heteroatoms. The molecule has 0 unspecified atom stereocenters. The van der Waals surface area contributed by atoms with Crippen molar-refractivity contribution in [2.24, 2.45) is 7.05 Å². The first-order valence-electron chi connectivity index (χ1n) is 4.64. The summed E-state index contributed by atoms with van der Waals surface area (Å²) in [6, 6.07) is 0. The quantitative estimate of drug-likeness (QED) is 0.677. The molecule has 2 rings (SSSR count). The monoisotopic (exact) mass is 241 g/mol. The number of aliphatic hydroxyl groups excluding tert-OH is 1. The minimum Gasteiger partial charge on any atom is -0.394 e. The third kappa shape index (κ3) is 2.36. The molecule has 0 spiro atoms. The summed E-state index contributed by atoms with van der Waals surface area (Å²) in [5.74, 6) is 1.49. The number of aliphatic hydroxyl groups is 1. The molecule has 16 heavy (non-hydrogen) atoms. The topological polar surface area (TPSA) is 94.5 Å². The second kappa shape index (κ2) is 5.03. The highest BCUT2D eigenvalue weighted by Gasteiger charge is 2.08. The normalized spacial score (nSPS) is 10.9. The summed E-state index contributed by atoms with van der Waals surface area (Å²) in [5.41, 5.74) is 0. The van der Waals surface area contributed by atoms with Gasteiger partial charge in [-0.05, 0) is 10.4 Å². The molecule has 0 aromatic carbocycles. The van der Waals surface area contributed by atoms with E-state index in [-0.39, 0.29) is 6.61 Å². The van der Waals surface area contributed by atoms with E-state index in [1.165, 1.54) is 18.1 Å². The molecule has 0 saturated carbocycles. The number of nitrogens with zero attached hydrogens (tertiary/aromatic N) is 7. The SMILES string of the molecule is Cn1ncnc1CSc1nnnn1CCO. The van der Waals surface area contributed by atoms with Crippen LogP contribution in [0.15, 0.2) is 11.5 Å². The Morgan fingerprint density at radius 2 is 2.38 bits per heavy atom. The van der Waals surface area contributed by atoms with E-state index in [0.29, 0.717) is 17.5 Å². The van der Waals surface area contributed by atoms with Crippen molar-refractivity contribution in [3.8, 4) is 0 Å². The Kier molecular flexibility index (Phi) is 3.47. The van der Waals surface area contributed by atoms with Gasteiger partial charge in [-0.3, -0.25) is 4.68 Å². The summed E-state index contributed by atoms with van der Waals surface area (Å²) in [5, 5.41) is 24.6. The number of hydrogen-bond donors (Lipinski definition) is 1. The lowest BCUT2D eigenvalue weighted by Crippen LogP contribution is -2.06. The Bertz CT molecular complexity index is 453. The van der Waals surface area contributed by atoms with E-state index in [9.17, 15) is 0 Å². The van der Waals surface area contributed by atoms with Crippen molar-refractivity contribution in [1.82, 2.24) is 35.0 Å². The molecule has 86 valence electrons. The molecule has 2 aromatic heterocycles. The van der Waals surface area contributed by atoms with Crippen LogP contribution in [0.2, 0.25) is 0 Å². The van der Waals surface area contributed by atoms with Gasteiger partial charge in [-0.25, -0.2) is 9.67 Å². The van der Waals surface area contributed by atoms with Crippen LogP contribution in [-0.2, 0) is 19.3 Å². The Labute approximate surface area is 95.7 Å². The summed E-state index contributed by atoms with van der Waals surface area (Å²) in [6.07, 6.45) is 1.51. The first-order chi connectivity index (χ1) is 7.81. The van der Waals surface area contributed by atoms with Crippen LogP contribution in [-0.4, -0.2) is 46.7 Å². The molecule has 0 bridgehead atoms.